The van der Waals surface area contributed by atoms with Gasteiger partial charge in [0.25, 0.3) is 5.69 Å². The molecule has 0 fully saturated rings. The van der Waals surface area contributed by atoms with Gasteiger partial charge in [-0.25, -0.2) is 4.79 Å². The number of dihydropyridines is 1. The Bertz CT molecular complexity index is 831. The number of nitriles is 1. The molecule has 0 saturated heterocycles. The highest BCUT2D eigenvalue weighted by molar-refractivity contribution is 5.93. The lowest BCUT2D eigenvalue weighted by Gasteiger charge is -2.28. The molecule has 0 saturated carbocycles. The van der Waals surface area contributed by atoms with Gasteiger partial charge < -0.3 is 10.1 Å². The van der Waals surface area contributed by atoms with E-state index in [4.69, 9.17) is 4.74 Å². The predicted octanol–water partition coefficient (Wildman–Crippen LogP) is 3.30. The summed E-state index contributed by atoms with van der Waals surface area (Å²) in [6, 6.07) is 8.08. The van der Waals surface area contributed by atoms with E-state index in [9.17, 15) is 20.2 Å². The van der Waals surface area contributed by atoms with Gasteiger partial charge in [0.15, 0.2) is 0 Å². The third-order valence-corrected chi connectivity index (χ3v) is 3.86. The molecule has 0 amide bonds. The number of nitrogens with zero attached hydrogens (tertiary/aromatic N) is 2. The quantitative estimate of drug-likeness (QED) is 0.512. The maximum Gasteiger partial charge on any atom is 0.337 e. The summed E-state index contributed by atoms with van der Waals surface area (Å²) in [6.45, 7) is 6.92. The summed E-state index contributed by atoms with van der Waals surface area (Å²) in [5.74, 6) is -1.26. The van der Waals surface area contributed by atoms with Crippen molar-refractivity contribution in [2.24, 2.45) is 0 Å². The first-order valence-corrected chi connectivity index (χ1v) is 7.80. The van der Waals surface area contributed by atoms with E-state index >= 15 is 0 Å². The highest BCUT2D eigenvalue weighted by atomic mass is 16.6. The van der Waals surface area contributed by atoms with Crippen molar-refractivity contribution < 1.29 is 14.5 Å². The smallest absolute Gasteiger partial charge is 0.337 e. The molecule has 7 nitrogen and oxygen atoms in total. The van der Waals surface area contributed by atoms with Crippen molar-refractivity contribution in [2.75, 3.05) is 0 Å². The Balaban J connectivity index is 2.63. The Morgan fingerprint density at radius 3 is 2.60 bits per heavy atom. The normalized spacial score (nSPS) is 17.2. The zero-order chi connectivity index (χ0) is 18.7. The minimum absolute atomic E-state index is 0.0970. The molecule has 2 rings (SSSR count). The van der Waals surface area contributed by atoms with E-state index in [1.54, 1.807) is 39.8 Å². The number of ether oxygens (including phenoxy) is 1. The lowest BCUT2D eigenvalue weighted by atomic mass is 9.81. The van der Waals surface area contributed by atoms with Gasteiger partial charge in [-0.1, -0.05) is 12.1 Å². The predicted molar refractivity (Wildman–Crippen MR) is 91.2 cm³/mol. The summed E-state index contributed by atoms with van der Waals surface area (Å²) in [4.78, 5) is 23.2. The number of nitrogens with one attached hydrogen (secondary N) is 1. The van der Waals surface area contributed by atoms with E-state index in [-0.39, 0.29) is 17.4 Å². The van der Waals surface area contributed by atoms with Crippen LogP contribution in [-0.4, -0.2) is 17.0 Å². The van der Waals surface area contributed by atoms with Crippen molar-refractivity contribution in [2.45, 2.75) is 39.7 Å². The van der Waals surface area contributed by atoms with Crippen LogP contribution < -0.4 is 5.32 Å². The Morgan fingerprint density at radius 2 is 2.04 bits per heavy atom. The topological polar surface area (TPSA) is 105 Å². The second kappa shape index (κ2) is 7.18. The fourth-order valence-electron chi connectivity index (χ4n) is 2.84. The summed E-state index contributed by atoms with van der Waals surface area (Å²) in [5.41, 5.74) is 2.20. The second-order valence-electron chi connectivity index (χ2n) is 6.05. The number of nitro groups is 1. The number of benzene rings is 1. The van der Waals surface area contributed by atoms with E-state index in [0.29, 0.717) is 22.5 Å². The van der Waals surface area contributed by atoms with Gasteiger partial charge in [0.05, 0.1) is 34.2 Å². The van der Waals surface area contributed by atoms with Crippen LogP contribution in [0.4, 0.5) is 5.69 Å². The van der Waals surface area contributed by atoms with Crippen LogP contribution in [0.1, 0.15) is 39.2 Å². The van der Waals surface area contributed by atoms with E-state index in [2.05, 4.69) is 11.4 Å². The number of nitro benzene ring substituents is 1. The van der Waals surface area contributed by atoms with Crippen molar-refractivity contribution in [3.8, 4) is 6.07 Å². The van der Waals surface area contributed by atoms with Crippen molar-refractivity contribution in [3.63, 3.8) is 0 Å². The lowest BCUT2D eigenvalue weighted by molar-refractivity contribution is -0.384. The number of hydrogen-bond donors (Lipinski definition) is 1. The van der Waals surface area contributed by atoms with Gasteiger partial charge in [0, 0.05) is 23.5 Å². The third-order valence-electron chi connectivity index (χ3n) is 3.86. The van der Waals surface area contributed by atoms with Gasteiger partial charge in [0.2, 0.25) is 0 Å². The first kappa shape index (κ1) is 18.2. The van der Waals surface area contributed by atoms with Crippen LogP contribution in [0.2, 0.25) is 0 Å². The standard InChI is InChI=1S/C18H19N3O4/c1-10(2)25-18(22)16-12(4)20-11(3)15(9-19)17(16)13-6-5-7-14(8-13)21(23)24/h5-8,10,17,20H,1-4H3. The molecule has 7 heteroatoms. The fraction of sp³-hybridized carbons (Fsp3) is 0.333. The van der Waals surface area contributed by atoms with E-state index < -0.39 is 16.8 Å². The van der Waals surface area contributed by atoms with Gasteiger partial charge in [-0.05, 0) is 33.3 Å². The zero-order valence-corrected chi connectivity index (χ0v) is 14.5. The molecule has 1 aromatic rings. The minimum atomic E-state index is -0.711. The molecule has 130 valence electrons. The van der Waals surface area contributed by atoms with Crippen molar-refractivity contribution in [1.29, 1.82) is 5.26 Å². The SMILES string of the molecule is CC1=C(C#N)C(c2cccc([N+](=O)[O-])c2)C(C(=O)OC(C)C)=C(C)N1. The summed E-state index contributed by atoms with van der Waals surface area (Å²) < 4.78 is 5.31. The van der Waals surface area contributed by atoms with E-state index in [0.717, 1.165) is 0 Å². The van der Waals surface area contributed by atoms with Crippen LogP contribution in [0.15, 0.2) is 46.8 Å². The zero-order valence-electron chi connectivity index (χ0n) is 14.5. The van der Waals surface area contributed by atoms with Gasteiger partial charge in [-0.2, -0.15) is 5.26 Å². The summed E-state index contributed by atoms with van der Waals surface area (Å²) in [7, 11) is 0. The summed E-state index contributed by atoms with van der Waals surface area (Å²) in [6.07, 6.45) is -0.323. The lowest BCUT2D eigenvalue weighted by Crippen LogP contribution is -2.29. The van der Waals surface area contributed by atoms with Crippen LogP contribution in [0, 0.1) is 21.4 Å². The van der Waals surface area contributed by atoms with Crippen LogP contribution >= 0.6 is 0 Å². The Hall–Kier alpha value is -3.14. The number of carbonyl (C=O) groups excluding carboxylic acids is 1. The molecule has 1 atom stereocenters. The highest BCUT2D eigenvalue weighted by Gasteiger charge is 2.35. The molecule has 0 aromatic heterocycles. The molecule has 1 heterocycles. The van der Waals surface area contributed by atoms with Gasteiger partial charge >= 0.3 is 5.97 Å². The number of allylic oxidation sites excluding steroid dienone is 3. The summed E-state index contributed by atoms with van der Waals surface area (Å²) >= 11 is 0. The van der Waals surface area contributed by atoms with Gasteiger partial charge in [0.1, 0.15) is 0 Å². The molecule has 1 aliphatic heterocycles. The highest BCUT2D eigenvalue weighted by Crippen LogP contribution is 2.39. The second-order valence-corrected chi connectivity index (χ2v) is 6.05. The van der Waals surface area contributed by atoms with E-state index in [1.165, 1.54) is 12.1 Å². The average molecular weight is 341 g/mol. The van der Waals surface area contributed by atoms with E-state index in [1.807, 2.05) is 0 Å². The molecular formula is C18H19N3O4. The molecule has 1 unspecified atom stereocenters. The van der Waals surface area contributed by atoms with Crippen molar-refractivity contribution >= 4 is 11.7 Å². The number of esters is 1. The van der Waals surface area contributed by atoms with Gasteiger partial charge in [-0.3, -0.25) is 10.1 Å². The van der Waals surface area contributed by atoms with Crippen molar-refractivity contribution in [1.82, 2.24) is 5.32 Å². The Labute approximate surface area is 145 Å². The average Bonchev–Trinajstić information content (AvgIpc) is 2.53. The molecule has 0 bridgehead atoms. The molecule has 1 aromatic carbocycles. The number of carbonyl (C=O) groups is 1. The fourth-order valence-corrected chi connectivity index (χ4v) is 2.84. The van der Waals surface area contributed by atoms with Crippen LogP contribution in [-0.2, 0) is 9.53 Å². The number of hydrogen-bond acceptors (Lipinski definition) is 6. The van der Waals surface area contributed by atoms with Crippen molar-refractivity contribution in [3.05, 3.63) is 62.5 Å². The Kier molecular flexibility index (Phi) is 5.22. The van der Waals surface area contributed by atoms with Gasteiger partial charge in [-0.15, -0.1) is 0 Å². The Morgan fingerprint density at radius 1 is 1.36 bits per heavy atom. The largest absolute Gasteiger partial charge is 0.460 e. The molecule has 1 aliphatic rings. The maximum atomic E-state index is 12.6. The molecular weight excluding hydrogens is 322 g/mol. The van der Waals surface area contributed by atoms with Crippen LogP contribution in [0.3, 0.4) is 0 Å². The summed E-state index contributed by atoms with van der Waals surface area (Å²) in [5, 5.41) is 23.7. The van der Waals surface area contributed by atoms with Crippen LogP contribution in [0.25, 0.3) is 0 Å². The van der Waals surface area contributed by atoms with Crippen LogP contribution in [0.5, 0.6) is 0 Å². The number of rotatable bonds is 4. The molecule has 0 spiro atoms. The third kappa shape index (κ3) is 3.69. The molecule has 1 N–H and O–H groups in total. The minimum Gasteiger partial charge on any atom is -0.460 e. The maximum absolute atomic E-state index is 12.6. The first-order chi connectivity index (χ1) is 11.8. The first-order valence-electron chi connectivity index (χ1n) is 7.80. The number of non-ortho nitro benzene ring substituents is 1. The molecule has 0 radical (unpaired) electrons. The molecule has 0 aliphatic carbocycles. The monoisotopic (exact) mass is 341 g/mol. The molecule has 25 heavy (non-hydrogen) atoms.